The Balaban J connectivity index is 1.73. The number of carbonyl (C=O) groups is 2. The minimum absolute atomic E-state index is 0.00181. The van der Waals surface area contributed by atoms with Crippen LogP contribution < -0.4 is 5.32 Å². The normalized spacial score (nSPS) is 12.2. The fourth-order valence-electron chi connectivity index (χ4n) is 3.50. The molecule has 9 heteroatoms. The van der Waals surface area contributed by atoms with E-state index in [1.807, 2.05) is 19.9 Å². The largest absolute Gasteiger partial charge is 0.463 e. The van der Waals surface area contributed by atoms with Crippen molar-refractivity contribution in [1.82, 2.24) is 24.9 Å². The van der Waals surface area contributed by atoms with E-state index in [1.54, 1.807) is 36.6 Å². The maximum Gasteiger partial charge on any atom is 0.308 e. The van der Waals surface area contributed by atoms with Gasteiger partial charge in [-0.1, -0.05) is 29.8 Å². The molecule has 0 aliphatic heterocycles. The molecule has 164 valence electrons. The molecule has 1 atom stereocenters. The molecule has 2 heterocycles. The molecule has 2 aromatic heterocycles. The van der Waals surface area contributed by atoms with E-state index < -0.39 is 12.0 Å². The molecule has 31 heavy (non-hydrogen) atoms. The van der Waals surface area contributed by atoms with Gasteiger partial charge in [-0.3, -0.25) is 9.59 Å². The summed E-state index contributed by atoms with van der Waals surface area (Å²) in [6.45, 7) is 7.39. The summed E-state index contributed by atoms with van der Waals surface area (Å²) in [5.41, 5.74) is 3.34. The fraction of sp³-hybridized carbons (Fsp3) is 0.409. The van der Waals surface area contributed by atoms with Crippen molar-refractivity contribution in [2.45, 2.75) is 59.1 Å². The number of hydrogen-bond acceptors (Lipinski definition) is 6. The number of fused-ring (bicyclic) bond motifs is 1. The number of aryl methyl sites for hydroxylation is 2. The summed E-state index contributed by atoms with van der Waals surface area (Å²) in [7, 11) is 0. The Morgan fingerprint density at radius 2 is 1.97 bits per heavy atom. The Kier molecular flexibility index (Phi) is 7.22. The van der Waals surface area contributed by atoms with Gasteiger partial charge in [0, 0.05) is 22.8 Å². The highest BCUT2D eigenvalue weighted by Gasteiger charge is 2.22. The topological polar surface area (TPSA) is 98.5 Å². The van der Waals surface area contributed by atoms with Crippen LogP contribution in [-0.2, 0) is 20.7 Å². The third kappa shape index (κ3) is 5.58. The molecule has 0 fully saturated rings. The first-order chi connectivity index (χ1) is 14.8. The molecule has 0 spiro atoms. The number of benzene rings is 1. The van der Waals surface area contributed by atoms with Gasteiger partial charge in [0.1, 0.15) is 6.33 Å². The van der Waals surface area contributed by atoms with E-state index in [2.05, 4.69) is 20.4 Å². The molecule has 3 rings (SSSR count). The maximum absolute atomic E-state index is 12.8. The van der Waals surface area contributed by atoms with Gasteiger partial charge in [0.15, 0.2) is 0 Å². The van der Waals surface area contributed by atoms with Crippen molar-refractivity contribution in [3.63, 3.8) is 0 Å². The number of amides is 1. The van der Waals surface area contributed by atoms with E-state index in [4.69, 9.17) is 16.3 Å². The summed E-state index contributed by atoms with van der Waals surface area (Å²) in [5, 5.41) is 7.60. The summed E-state index contributed by atoms with van der Waals surface area (Å²) in [5.74, 6) is -0.0573. The van der Waals surface area contributed by atoms with E-state index >= 15 is 0 Å². The van der Waals surface area contributed by atoms with Gasteiger partial charge in [0.05, 0.1) is 18.6 Å². The molecule has 0 saturated carbocycles. The average molecular weight is 444 g/mol. The Hall–Kier alpha value is -3.00. The molecule has 0 saturated heterocycles. The van der Waals surface area contributed by atoms with Crippen LogP contribution in [0.3, 0.4) is 0 Å². The maximum atomic E-state index is 12.8. The molecule has 3 aromatic rings. The number of nitrogens with zero attached hydrogens (tertiary/aromatic N) is 4. The fourth-order valence-corrected chi connectivity index (χ4v) is 3.76. The molecule has 8 nitrogen and oxygen atoms in total. The van der Waals surface area contributed by atoms with Gasteiger partial charge >= 0.3 is 5.97 Å². The lowest BCUT2D eigenvalue weighted by Crippen LogP contribution is -2.31. The second kappa shape index (κ2) is 9.87. The van der Waals surface area contributed by atoms with Crippen molar-refractivity contribution in [3.8, 4) is 0 Å². The third-order valence-electron chi connectivity index (χ3n) is 4.94. The number of aromatic nitrogens is 4. The molecule has 0 bridgehead atoms. The molecule has 0 radical (unpaired) electrons. The quantitative estimate of drug-likeness (QED) is 0.535. The van der Waals surface area contributed by atoms with E-state index in [-0.39, 0.29) is 24.9 Å². The Morgan fingerprint density at radius 1 is 1.23 bits per heavy atom. The van der Waals surface area contributed by atoms with Crippen LogP contribution >= 0.6 is 11.6 Å². The zero-order valence-electron chi connectivity index (χ0n) is 18.1. The smallest absolute Gasteiger partial charge is 0.308 e. The minimum atomic E-state index is -0.578. The van der Waals surface area contributed by atoms with Crippen molar-refractivity contribution in [1.29, 1.82) is 0 Å². The molecular formula is C22H26ClN5O3. The Bertz CT molecular complexity index is 1100. The van der Waals surface area contributed by atoms with Crippen molar-refractivity contribution in [2.75, 3.05) is 0 Å². The van der Waals surface area contributed by atoms with Crippen LogP contribution in [0, 0.1) is 13.8 Å². The molecule has 0 aliphatic rings. The van der Waals surface area contributed by atoms with Gasteiger partial charge in [-0.05, 0) is 51.3 Å². The summed E-state index contributed by atoms with van der Waals surface area (Å²) < 4.78 is 6.92. The highest BCUT2D eigenvalue weighted by molar-refractivity contribution is 6.31. The molecule has 0 aliphatic carbocycles. The first-order valence-electron chi connectivity index (χ1n) is 10.1. The van der Waals surface area contributed by atoms with Crippen molar-refractivity contribution in [3.05, 3.63) is 58.1 Å². The highest BCUT2D eigenvalue weighted by atomic mass is 35.5. The van der Waals surface area contributed by atoms with Crippen LogP contribution in [0.25, 0.3) is 5.78 Å². The Labute approximate surface area is 186 Å². The molecule has 1 unspecified atom stereocenters. The third-order valence-corrected chi connectivity index (χ3v) is 5.29. The lowest BCUT2D eigenvalue weighted by atomic mass is 10.0. The van der Waals surface area contributed by atoms with Gasteiger partial charge in [-0.2, -0.15) is 10.1 Å². The van der Waals surface area contributed by atoms with Crippen molar-refractivity contribution >= 4 is 29.3 Å². The highest BCUT2D eigenvalue weighted by Crippen LogP contribution is 2.26. The van der Waals surface area contributed by atoms with Crippen molar-refractivity contribution < 1.29 is 14.3 Å². The van der Waals surface area contributed by atoms with Crippen molar-refractivity contribution in [2.24, 2.45) is 0 Å². The number of ether oxygens (including phenoxy) is 1. The van der Waals surface area contributed by atoms with Crippen LogP contribution in [0.4, 0.5) is 0 Å². The van der Waals surface area contributed by atoms with E-state index in [0.29, 0.717) is 22.8 Å². The number of nitrogens with one attached hydrogen (secondary N) is 1. The SMILES string of the molecule is Cc1nc2ncnn2c(C)c1CCC(=O)NC(CC(=O)OC(C)C)c1ccccc1Cl. The second-order valence-corrected chi connectivity index (χ2v) is 8.02. The van der Waals surface area contributed by atoms with Crippen LogP contribution in [0.5, 0.6) is 0 Å². The number of carbonyl (C=O) groups excluding carboxylic acids is 2. The van der Waals surface area contributed by atoms with Crippen LogP contribution in [0.1, 0.15) is 55.2 Å². The average Bonchev–Trinajstić information content (AvgIpc) is 3.15. The van der Waals surface area contributed by atoms with Gasteiger partial charge in [-0.15, -0.1) is 0 Å². The predicted octanol–water partition coefficient (Wildman–Crippen LogP) is 3.53. The van der Waals surface area contributed by atoms with E-state index in [0.717, 1.165) is 17.0 Å². The number of esters is 1. The lowest BCUT2D eigenvalue weighted by molar-refractivity contribution is -0.148. The molecule has 1 N–H and O–H groups in total. The van der Waals surface area contributed by atoms with Gasteiger partial charge in [0.2, 0.25) is 5.91 Å². The molecule has 1 aromatic carbocycles. The number of hydrogen-bond donors (Lipinski definition) is 1. The first kappa shape index (κ1) is 22.7. The van der Waals surface area contributed by atoms with E-state index in [9.17, 15) is 9.59 Å². The molecular weight excluding hydrogens is 418 g/mol. The first-order valence-corrected chi connectivity index (χ1v) is 10.5. The van der Waals surface area contributed by atoms with Crippen LogP contribution in [-0.4, -0.2) is 37.6 Å². The van der Waals surface area contributed by atoms with Gasteiger partial charge < -0.3 is 10.1 Å². The monoisotopic (exact) mass is 443 g/mol. The summed E-state index contributed by atoms with van der Waals surface area (Å²) in [4.78, 5) is 33.6. The summed E-state index contributed by atoms with van der Waals surface area (Å²) >= 11 is 6.32. The van der Waals surface area contributed by atoms with Crippen LogP contribution in [0.2, 0.25) is 5.02 Å². The van der Waals surface area contributed by atoms with Crippen LogP contribution in [0.15, 0.2) is 30.6 Å². The summed E-state index contributed by atoms with van der Waals surface area (Å²) in [6.07, 6.45) is 1.93. The summed E-state index contributed by atoms with van der Waals surface area (Å²) in [6, 6.07) is 6.57. The molecule has 1 amide bonds. The number of rotatable bonds is 8. The van der Waals surface area contributed by atoms with E-state index in [1.165, 1.54) is 6.33 Å². The Morgan fingerprint density at radius 3 is 2.68 bits per heavy atom. The zero-order valence-corrected chi connectivity index (χ0v) is 18.8. The van der Waals surface area contributed by atoms with Gasteiger partial charge in [0.25, 0.3) is 5.78 Å². The standard InChI is InChI=1S/C22H26ClN5O3/c1-13(2)31-21(30)11-19(17-7-5-6-8-18(17)23)27-20(29)10-9-16-14(3)26-22-24-12-25-28(22)15(16)4/h5-8,12-13,19H,9-11H2,1-4H3,(H,27,29). The number of halogens is 1. The minimum Gasteiger partial charge on any atom is -0.463 e. The second-order valence-electron chi connectivity index (χ2n) is 7.62. The lowest BCUT2D eigenvalue weighted by Gasteiger charge is -2.20. The predicted molar refractivity (Wildman–Crippen MR) is 117 cm³/mol. The van der Waals surface area contributed by atoms with Gasteiger partial charge in [-0.25, -0.2) is 9.50 Å². The zero-order chi connectivity index (χ0) is 22.5.